The van der Waals surface area contributed by atoms with Crippen molar-refractivity contribution < 1.29 is 14.3 Å². The molecule has 110 valence electrons. The third-order valence-electron chi connectivity index (χ3n) is 3.37. The number of benzene rings is 1. The van der Waals surface area contributed by atoms with Crippen molar-refractivity contribution in [1.82, 2.24) is 4.90 Å². The maximum absolute atomic E-state index is 12.4. The Hall–Kier alpha value is -1.55. The largest absolute Gasteiger partial charge is 0.490 e. The van der Waals surface area contributed by atoms with Gasteiger partial charge in [-0.25, -0.2) is 0 Å². The molecule has 0 radical (unpaired) electrons. The van der Waals surface area contributed by atoms with Crippen LogP contribution in [0.2, 0.25) is 0 Å². The zero-order valence-corrected chi connectivity index (χ0v) is 12.5. The molecular weight excluding hydrogens is 254 g/mol. The van der Waals surface area contributed by atoms with Crippen LogP contribution < -0.4 is 9.47 Å². The van der Waals surface area contributed by atoms with Crippen molar-refractivity contribution in [2.75, 3.05) is 33.9 Å². The predicted molar refractivity (Wildman–Crippen MR) is 78.7 cm³/mol. The molecule has 1 unspecified atom stereocenters. The van der Waals surface area contributed by atoms with Crippen LogP contribution in [0.1, 0.15) is 30.1 Å². The number of carbonyl (C=O) groups is 1. The summed E-state index contributed by atoms with van der Waals surface area (Å²) in [6.07, 6.45) is 1.98. The first-order valence-corrected chi connectivity index (χ1v) is 7.16. The monoisotopic (exact) mass is 277 g/mol. The maximum Gasteiger partial charge on any atom is 0.167 e. The standard InChI is InChI=1S/C16H23NO3/c1-12(11-17(2)3)16(18)13-6-7-14-15(10-13)20-9-5-4-8-19-14/h6-7,10,12H,4-5,8-9,11H2,1-3H3. The summed E-state index contributed by atoms with van der Waals surface area (Å²) in [5.74, 6) is 1.54. The van der Waals surface area contributed by atoms with E-state index >= 15 is 0 Å². The van der Waals surface area contributed by atoms with Gasteiger partial charge in [-0.05, 0) is 45.1 Å². The third kappa shape index (κ3) is 3.73. The fourth-order valence-corrected chi connectivity index (χ4v) is 2.38. The van der Waals surface area contributed by atoms with Gasteiger partial charge in [0.15, 0.2) is 17.3 Å². The molecule has 0 amide bonds. The van der Waals surface area contributed by atoms with E-state index in [9.17, 15) is 4.79 Å². The molecule has 4 heteroatoms. The lowest BCUT2D eigenvalue weighted by atomic mass is 9.98. The lowest BCUT2D eigenvalue weighted by Gasteiger charge is -2.19. The molecule has 0 bridgehead atoms. The second kappa shape index (κ2) is 6.75. The van der Waals surface area contributed by atoms with Crippen LogP contribution in [0.4, 0.5) is 0 Å². The average molecular weight is 277 g/mol. The maximum atomic E-state index is 12.4. The van der Waals surface area contributed by atoms with Gasteiger partial charge < -0.3 is 14.4 Å². The average Bonchev–Trinajstić information content (AvgIpc) is 2.37. The van der Waals surface area contributed by atoms with Crippen LogP contribution in [0.5, 0.6) is 11.5 Å². The Morgan fingerprint density at radius 1 is 1.20 bits per heavy atom. The third-order valence-corrected chi connectivity index (χ3v) is 3.37. The van der Waals surface area contributed by atoms with Gasteiger partial charge in [0.05, 0.1) is 13.2 Å². The summed E-state index contributed by atoms with van der Waals surface area (Å²) in [5.41, 5.74) is 0.697. The van der Waals surface area contributed by atoms with Crippen molar-refractivity contribution >= 4 is 5.78 Å². The fourth-order valence-electron chi connectivity index (χ4n) is 2.38. The molecule has 0 aromatic heterocycles. The minimum atomic E-state index is -0.0301. The van der Waals surface area contributed by atoms with Crippen molar-refractivity contribution in [2.24, 2.45) is 5.92 Å². The van der Waals surface area contributed by atoms with Crippen molar-refractivity contribution in [1.29, 1.82) is 0 Å². The Morgan fingerprint density at radius 3 is 2.50 bits per heavy atom. The normalized spacial score (nSPS) is 16.4. The highest BCUT2D eigenvalue weighted by Crippen LogP contribution is 2.30. The van der Waals surface area contributed by atoms with Gasteiger partial charge in [0.25, 0.3) is 0 Å². The van der Waals surface area contributed by atoms with Crippen LogP contribution in [0.25, 0.3) is 0 Å². The molecule has 0 saturated heterocycles. The molecule has 1 aromatic carbocycles. The SMILES string of the molecule is CC(CN(C)C)C(=O)c1ccc2c(c1)OCCCCO2. The molecule has 1 aliphatic heterocycles. The topological polar surface area (TPSA) is 38.8 Å². The zero-order valence-electron chi connectivity index (χ0n) is 12.5. The van der Waals surface area contributed by atoms with Crippen LogP contribution in [0.3, 0.4) is 0 Å². The number of rotatable bonds is 4. The number of ketones is 1. The highest BCUT2D eigenvalue weighted by Gasteiger charge is 2.18. The number of nitrogens with zero attached hydrogens (tertiary/aromatic N) is 1. The first kappa shape index (κ1) is 14.9. The number of carbonyl (C=O) groups excluding carboxylic acids is 1. The van der Waals surface area contributed by atoms with E-state index in [4.69, 9.17) is 9.47 Å². The predicted octanol–water partition coefficient (Wildman–Crippen LogP) is 2.62. The van der Waals surface area contributed by atoms with Crippen molar-refractivity contribution in [3.8, 4) is 11.5 Å². The second-order valence-corrected chi connectivity index (χ2v) is 5.59. The quantitative estimate of drug-likeness (QED) is 0.793. The molecule has 0 N–H and O–H groups in total. The van der Waals surface area contributed by atoms with E-state index in [0.29, 0.717) is 24.5 Å². The summed E-state index contributed by atoms with van der Waals surface area (Å²) in [7, 11) is 3.95. The summed E-state index contributed by atoms with van der Waals surface area (Å²) in [6, 6.07) is 5.49. The zero-order chi connectivity index (χ0) is 14.5. The molecule has 1 aliphatic rings. The molecule has 0 aliphatic carbocycles. The van der Waals surface area contributed by atoms with Crippen LogP contribution in [0.15, 0.2) is 18.2 Å². The first-order chi connectivity index (χ1) is 9.58. The van der Waals surface area contributed by atoms with Gasteiger partial charge in [-0.1, -0.05) is 6.92 Å². The number of hydrogen-bond donors (Lipinski definition) is 0. The Morgan fingerprint density at radius 2 is 1.85 bits per heavy atom. The lowest BCUT2D eigenvalue weighted by molar-refractivity contribution is 0.0909. The molecule has 0 fully saturated rings. The van der Waals surface area contributed by atoms with Crippen LogP contribution >= 0.6 is 0 Å². The molecule has 0 spiro atoms. The molecule has 0 saturated carbocycles. The van der Waals surface area contributed by atoms with E-state index in [0.717, 1.165) is 25.1 Å². The fraction of sp³-hybridized carbons (Fsp3) is 0.562. The lowest BCUT2D eigenvalue weighted by Crippen LogP contribution is -2.25. The van der Waals surface area contributed by atoms with Gasteiger partial charge in [0.2, 0.25) is 0 Å². The Kier molecular flexibility index (Phi) is 5.01. The van der Waals surface area contributed by atoms with Crippen LogP contribution in [0, 0.1) is 5.92 Å². The summed E-state index contributed by atoms with van der Waals surface area (Å²) in [6.45, 7) is 4.09. The van der Waals surface area contributed by atoms with Crippen molar-refractivity contribution in [2.45, 2.75) is 19.8 Å². The number of ether oxygens (including phenoxy) is 2. The summed E-state index contributed by atoms with van der Waals surface area (Å²) in [4.78, 5) is 14.4. The van der Waals surface area contributed by atoms with Gasteiger partial charge in [-0.2, -0.15) is 0 Å². The van der Waals surface area contributed by atoms with E-state index in [1.54, 1.807) is 0 Å². The Bertz CT molecular complexity index is 471. The molecule has 20 heavy (non-hydrogen) atoms. The van der Waals surface area contributed by atoms with E-state index in [1.165, 1.54) is 0 Å². The molecule has 1 aromatic rings. The second-order valence-electron chi connectivity index (χ2n) is 5.59. The smallest absolute Gasteiger partial charge is 0.167 e. The summed E-state index contributed by atoms with van der Waals surface area (Å²) < 4.78 is 11.3. The number of fused-ring (bicyclic) bond motifs is 1. The van der Waals surface area contributed by atoms with Crippen molar-refractivity contribution in [3.05, 3.63) is 23.8 Å². The molecule has 2 rings (SSSR count). The minimum absolute atomic E-state index is 0.0301. The van der Waals surface area contributed by atoms with Gasteiger partial charge in [-0.15, -0.1) is 0 Å². The van der Waals surface area contributed by atoms with E-state index in [-0.39, 0.29) is 11.7 Å². The van der Waals surface area contributed by atoms with Gasteiger partial charge in [0.1, 0.15) is 0 Å². The number of Topliss-reactive ketones (excluding diaryl/α,β-unsaturated/α-hetero) is 1. The highest BCUT2D eigenvalue weighted by molar-refractivity contribution is 5.98. The number of hydrogen-bond acceptors (Lipinski definition) is 4. The molecule has 1 heterocycles. The Balaban J connectivity index is 2.16. The summed E-state index contributed by atoms with van der Waals surface area (Å²) >= 11 is 0. The molecule has 4 nitrogen and oxygen atoms in total. The van der Waals surface area contributed by atoms with Gasteiger partial charge in [-0.3, -0.25) is 4.79 Å². The minimum Gasteiger partial charge on any atom is -0.490 e. The van der Waals surface area contributed by atoms with Crippen LogP contribution in [-0.4, -0.2) is 44.5 Å². The van der Waals surface area contributed by atoms with E-state index < -0.39 is 0 Å². The van der Waals surface area contributed by atoms with E-state index in [2.05, 4.69) is 0 Å². The summed E-state index contributed by atoms with van der Waals surface area (Å²) in [5, 5.41) is 0. The van der Waals surface area contributed by atoms with Gasteiger partial charge in [0, 0.05) is 18.0 Å². The molecule has 1 atom stereocenters. The van der Waals surface area contributed by atoms with Gasteiger partial charge >= 0.3 is 0 Å². The van der Waals surface area contributed by atoms with Crippen LogP contribution in [-0.2, 0) is 0 Å². The Labute approximate surface area is 120 Å². The van der Waals surface area contributed by atoms with Crippen molar-refractivity contribution in [3.63, 3.8) is 0 Å². The highest BCUT2D eigenvalue weighted by atomic mass is 16.5. The first-order valence-electron chi connectivity index (χ1n) is 7.16. The molecular formula is C16H23NO3. The van der Waals surface area contributed by atoms with E-state index in [1.807, 2.05) is 44.1 Å².